The number of fused-ring (bicyclic) bond motifs is 3. The summed E-state index contributed by atoms with van der Waals surface area (Å²) in [6.45, 7) is 1.81. The molecule has 1 fully saturated rings. The Bertz CT molecular complexity index is 1300. The van der Waals surface area contributed by atoms with Gasteiger partial charge in [0, 0.05) is 31.5 Å². The Morgan fingerprint density at radius 3 is 2.64 bits per heavy atom. The average Bonchev–Trinajstić information content (AvgIpc) is 2.90. The van der Waals surface area contributed by atoms with Crippen molar-refractivity contribution in [2.45, 2.75) is 25.2 Å². The highest BCUT2D eigenvalue weighted by Gasteiger charge is 2.43. The highest BCUT2D eigenvalue weighted by molar-refractivity contribution is 5.82. The lowest BCUT2D eigenvalue weighted by atomic mass is 9.82. The Morgan fingerprint density at radius 1 is 1.08 bits per heavy atom. The zero-order valence-corrected chi connectivity index (χ0v) is 19.4. The van der Waals surface area contributed by atoms with E-state index in [2.05, 4.69) is 26.2 Å². The molecule has 0 bridgehead atoms. The number of nitrogens with one attached hydrogen (secondary N) is 1. The van der Waals surface area contributed by atoms with E-state index < -0.39 is 17.7 Å². The van der Waals surface area contributed by atoms with E-state index in [0.717, 1.165) is 17.4 Å². The van der Waals surface area contributed by atoms with Crippen molar-refractivity contribution in [2.24, 2.45) is 5.92 Å². The number of nitrogens with zero attached hydrogens (tertiary/aromatic N) is 4. The van der Waals surface area contributed by atoms with Crippen LogP contribution in [0.15, 0.2) is 66.9 Å². The van der Waals surface area contributed by atoms with E-state index in [1.165, 1.54) is 12.1 Å². The summed E-state index contributed by atoms with van der Waals surface area (Å²) in [4.78, 5) is 21.8. The number of piperazine rings is 1. The van der Waals surface area contributed by atoms with Crippen LogP contribution in [0.2, 0.25) is 0 Å². The molecule has 0 radical (unpaired) electrons. The summed E-state index contributed by atoms with van der Waals surface area (Å²) in [6, 6.07) is 18.5. The third-order valence-corrected chi connectivity index (χ3v) is 6.91. The molecule has 6 nitrogen and oxygen atoms in total. The van der Waals surface area contributed by atoms with Gasteiger partial charge in [-0.3, -0.25) is 9.78 Å². The van der Waals surface area contributed by atoms with Crippen LogP contribution in [0.25, 0.3) is 0 Å². The topological polar surface area (TPSA) is 72.3 Å². The van der Waals surface area contributed by atoms with E-state index in [-0.39, 0.29) is 24.9 Å². The van der Waals surface area contributed by atoms with Gasteiger partial charge in [0.25, 0.3) is 0 Å². The molecule has 1 saturated heterocycles. The fourth-order valence-corrected chi connectivity index (χ4v) is 5.17. The van der Waals surface area contributed by atoms with Gasteiger partial charge in [0.05, 0.1) is 41.0 Å². The van der Waals surface area contributed by atoms with Crippen LogP contribution in [0, 0.1) is 17.2 Å². The van der Waals surface area contributed by atoms with Crippen LogP contribution in [0.5, 0.6) is 0 Å². The third kappa shape index (κ3) is 4.59. The van der Waals surface area contributed by atoms with E-state index in [1.54, 1.807) is 30.5 Å². The van der Waals surface area contributed by atoms with Crippen LogP contribution in [-0.4, -0.2) is 36.6 Å². The normalized spacial score (nSPS) is 19.2. The maximum Gasteiger partial charge on any atom is 0.416 e. The molecule has 0 saturated carbocycles. The van der Waals surface area contributed by atoms with Gasteiger partial charge < -0.3 is 15.1 Å². The van der Waals surface area contributed by atoms with Crippen molar-refractivity contribution in [1.82, 2.24) is 10.3 Å². The van der Waals surface area contributed by atoms with Crippen LogP contribution in [0.4, 0.5) is 24.5 Å². The van der Waals surface area contributed by atoms with Crippen LogP contribution < -0.4 is 15.1 Å². The molecule has 36 heavy (non-hydrogen) atoms. The van der Waals surface area contributed by atoms with Gasteiger partial charge in [-0.05, 0) is 54.4 Å². The first-order valence-corrected chi connectivity index (χ1v) is 11.7. The number of pyridine rings is 1. The molecule has 0 aliphatic carbocycles. The number of aromatic nitrogens is 1. The number of nitriles is 1. The number of alkyl halides is 3. The molecule has 184 valence electrons. The highest BCUT2D eigenvalue weighted by Crippen LogP contribution is 2.40. The first kappa shape index (κ1) is 23.7. The van der Waals surface area contributed by atoms with Crippen molar-refractivity contribution in [2.75, 3.05) is 29.4 Å². The number of carbonyl (C=O) groups excluding carboxylic acids is 1. The Kier molecular flexibility index (Phi) is 6.27. The van der Waals surface area contributed by atoms with E-state index in [4.69, 9.17) is 0 Å². The molecule has 3 aromatic rings. The summed E-state index contributed by atoms with van der Waals surface area (Å²) in [5.41, 5.74) is 2.58. The summed E-state index contributed by atoms with van der Waals surface area (Å²) in [5, 5.41) is 12.5. The molecule has 2 aliphatic heterocycles. The van der Waals surface area contributed by atoms with Gasteiger partial charge >= 0.3 is 6.18 Å². The summed E-state index contributed by atoms with van der Waals surface area (Å²) in [6.07, 6.45) is -2.62. The van der Waals surface area contributed by atoms with Gasteiger partial charge in [-0.15, -0.1) is 0 Å². The molecule has 1 N–H and O–H groups in total. The average molecular weight is 492 g/mol. The second-order valence-corrected chi connectivity index (χ2v) is 9.03. The van der Waals surface area contributed by atoms with Crippen molar-refractivity contribution < 1.29 is 18.0 Å². The SMILES string of the molecule is N#Cc1ccccc1N1CCN2c3ccc(C(F)(F)F)cc3C[C@H](C(=O)NCc3ccccn3)[C@H]2C1. The summed E-state index contributed by atoms with van der Waals surface area (Å²) < 4.78 is 40.3. The number of anilines is 2. The summed E-state index contributed by atoms with van der Waals surface area (Å²) in [7, 11) is 0. The largest absolute Gasteiger partial charge is 0.416 e. The van der Waals surface area contributed by atoms with E-state index in [9.17, 15) is 23.2 Å². The van der Waals surface area contributed by atoms with Gasteiger partial charge in [0.15, 0.2) is 0 Å². The number of rotatable bonds is 4. The Morgan fingerprint density at radius 2 is 1.89 bits per heavy atom. The van der Waals surface area contributed by atoms with Gasteiger partial charge in [0.1, 0.15) is 6.07 Å². The summed E-state index contributed by atoms with van der Waals surface area (Å²) in [5.74, 6) is -0.795. The second-order valence-electron chi connectivity index (χ2n) is 9.03. The number of para-hydroxylation sites is 1. The minimum Gasteiger partial charge on any atom is -0.367 e. The number of halogens is 3. The number of hydrogen-bond acceptors (Lipinski definition) is 5. The molecule has 2 atom stereocenters. The molecule has 1 amide bonds. The maximum absolute atomic E-state index is 13.4. The Hall–Kier alpha value is -4.06. The molecule has 1 aromatic heterocycles. The van der Waals surface area contributed by atoms with Gasteiger partial charge in [-0.2, -0.15) is 18.4 Å². The van der Waals surface area contributed by atoms with Crippen molar-refractivity contribution in [3.8, 4) is 6.07 Å². The number of amides is 1. The van der Waals surface area contributed by atoms with Gasteiger partial charge in [-0.25, -0.2) is 0 Å². The first-order chi connectivity index (χ1) is 17.3. The van der Waals surface area contributed by atoms with Gasteiger partial charge in [0.2, 0.25) is 5.91 Å². The standard InChI is InChI=1S/C27H24F3N5O/c28-27(29,30)20-8-9-24-19(13-20)14-22(26(36)33-16-21-6-3-4-10-32-21)25-17-34(11-12-35(24)25)23-7-2-1-5-18(23)15-31/h1-10,13,22,25H,11-12,14,16-17H2,(H,33,36)/t22-,25+/m0/s1. The fourth-order valence-electron chi connectivity index (χ4n) is 5.17. The van der Waals surface area contributed by atoms with Crippen molar-refractivity contribution in [3.63, 3.8) is 0 Å². The van der Waals surface area contributed by atoms with Gasteiger partial charge in [-0.1, -0.05) is 18.2 Å². The molecule has 2 aromatic carbocycles. The highest BCUT2D eigenvalue weighted by atomic mass is 19.4. The van der Waals surface area contributed by atoms with E-state index in [1.807, 2.05) is 18.2 Å². The van der Waals surface area contributed by atoms with Crippen LogP contribution in [0.3, 0.4) is 0 Å². The molecule has 5 rings (SSSR count). The molecule has 0 unspecified atom stereocenters. The predicted molar refractivity (Wildman–Crippen MR) is 129 cm³/mol. The molecule has 2 aliphatic rings. The molecular weight excluding hydrogens is 467 g/mol. The molecule has 3 heterocycles. The first-order valence-electron chi connectivity index (χ1n) is 11.7. The summed E-state index contributed by atoms with van der Waals surface area (Å²) >= 11 is 0. The fraction of sp³-hybridized carbons (Fsp3) is 0.296. The zero-order chi connectivity index (χ0) is 25.3. The lowest BCUT2D eigenvalue weighted by Gasteiger charge is -2.49. The monoisotopic (exact) mass is 491 g/mol. The molecular formula is C27H24F3N5O. The smallest absolute Gasteiger partial charge is 0.367 e. The zero-order valence-electron chi connectivity index (χ0n) is 19.4. The van der Waals surface area contributed by atoms with Crippen LogP contribution in [0.1, 0.15) is 22.4 Å². The number of carbonyl (C=O) groups is 1. The lowest BCUT2D eigenvalue weighted by molar-refractivity contribution is -0.137. The Balaban J connectivity index is 1.46. The van der Waals surface area contributed by atoms with Crippen molar-refractivity contribution in [3.05, 3.63) is 89.2 Å². The third-order valence-electron chi connectivity index (χ3n) is 6.91. The Labute approximate surface area is 207 Å². The minimum atomic E-state index is -4.46. The van der Waals surface area contributed by atoms with Crippen molar-refractivity contribution >= 4 is 17.3 Å². The number of benzene rings is 2. The predicted octanol–water partition coefficient (Wildman–Crippen LogP) is 4.16. The maximum atomic E-state index is 13.4. The van der Waals surface area contributed by atoms with Crippen LogP contribution >= 0.6 is 0 Å². The lowest BCUT2D eigenvalue weighted by Crippen LogP contribution is -2.61. The second kappa shape index (κ2) is 9.53. The van der Waals surface area contributed by atoms with E-state index >= 15 is 0 Å². The van der Waals surface area contributed by atoms with Crippen molar-refractivity contribution in [1.29, 1.82) is 5.26 Å². The van der Waals surface area contributed by atoms with E-state index in [0.29, 0.717) is 36.5 Å². The quantitative estimate of drug-likeness (QED) is 0.594. The molecule has 9 heteroatoms. The molecule has 0 spiro atoms. The minimum absolute atomic E-state index is 0.197. The number of hydrogen-bond donors (Lipinski definition) is 1. The van der Waals surface area contributed by atoms with Crippen LogP contribution in [-0.2, 0) is 23.9 Å².